The molecule has 1 unspecified atom stereocenters. The highest BCUT2D eigenvalue weighted by Crippen LogP contribution is 2.40. The summed E-state index contributed by atoms with van der Waals surface area (Å²) in [6.45, 7) is 2.56. The van der Waals surface area contributed by atoms with Gasteiger partial charge in [0.1, 0.15) is 11.5 Å². The van der Waals surface area contributed by atoms with Crippen LogP contribution in [0.1, 0.15) is 23.4 Å². The quantitative estimate of drug-likeness (QED) is 0.688. The lowest BCUT2D eigenvalue weighted by atomic mass is 10.0. The molecule has 0 heterocycles. The van der Waals surface area contributed by atoms with Gasteiger partial charge in [-0.3, -0.25) is 0 Å². The number of benzene rings is 2. The average molecular weight is 356 g/mol. The lowest BCUT2D eigenvalue weighted by Crippen LogP contribution is -2.02. The second-order valence-electron chi connectivity index (χ2n) is 4.22. The van der Waals surface area contributed by atoms with E-state index in [9.17, 15) is 0 Å². The van der Waals surface area contributed by atoms with E-state index >= 15 is 0 Å². The monoisotopic (exact) mass is 354 g/mol. The lowest BCUT2D eigenvalue weighted by molar-refractivity contribution is 0.336. The molecule has 0 amide bonds. The van der Waals surface area contributed by atoms with Gasteiger partial charge in [-0.05, 0) is 31.2 Å². The Hall–Kier alpha value is -1.19. The number of methoxy groups -OCH3 is 1. The van der Waals surface area contributed by atoms with E-state index in [1.54, 1.807) is 7.11 Å². The van der Waals surface area contributed by atoms with Crippen LogP contribution < -0.4 is 9.47 Å². The van der Waals surface area contributed by atoms with Gasteiger partial charge in [0.05, 0.1) is 19.1 Å². The van der Waals surface area contributed by atoms with Crippen molar-refractivity contribution in [2.75, 3.05) is 13.7 Å². The van der Waals surface area contributed by atoms with Gasteiger partial charge in [0, 0.05) is 15.6 Å². The molecule has 0 aliphatic heterocycles. The average Bonchev–Trinajstić information content (AvgIpc) is 2.48. The Balaban J connectivity index is 2.46. The third-order valence-corrected chi connectivity index (χ3v) is 3.92. The highest BCUT2D eigenvalue weighted by atomic mass is 79.9. The predicted molar refractivity (Wildman–Crippen MR) is 86.0 cm³/mol. The topological polar surface area (TPSA) is 18.5 Å². The van der Waals surface area contributed by atoms with Gasteiger partial charge in [0.15, 0.2) is 0 Å². The maximum atomic E-state index is 6.65. The Kier molecular flexibility index (Phi) is 5.32. The fourth-order valence-electron chi connectivity index (χ4n) is 2.05. The van der Waals surface area contributed by atoms with Crippen molar-refractivity contribution >= 4 is 27.5 Å². The molecule has 1 atom stereocenters. The summed E-state index contributed by atoms with van der Waals surface area (Å²) >= 11 is 10.1. The molecular formula is C16H16BrClO2. The molecule has 2 aromatic rings. The number of hydrogen-bond donors (Lipinski definition) is 0. The molecule has 2 rings (SSSR count). The van der Waals surface area contributed by atoms with Crippen LogP contribution in [-0.2, 0) is 0 Å². The fraction of sp³-hybridized carbons (Fsp3) is 0.250. The first-order valence-electron chi connectivity index (χ1n) is 6.36. The Morgan fingerprint density at radius 1 is 1.10 bits per heavy atom. The summed E-state index contributed by atoms with van der Waals surface area (Å²) in [5.74, 6) is 1.57. The van der Waals surface area contributed by atoms with E-state index < -0.39 is 0 Å². The van der Waals surface area contributed by atoms with Gasteiger partial charge in [0.2, 0.25) is 0 Å². The molecule has 2 nitrogen and oxygen atoms in total. The maximum absolute atomic E-state index is 6.65. The number of hydrogen-bond acceptors (Lipinski definition) is 2. The van der Waals surface area contributed by atoms with Crippen LogP contribution in [0.2, 0.25) is 0 Å². The van der Waals surface area contributed by atoms with Crippen molar-refractivity contribution in [3.8, 4) is 11.5 Å². The third-order valence-electron chi connectivity index (χ3n) is 2.96. The highest BCUT2D eigenvalue weighted by molar-refractivity contribution is 9.10. The van der Waals surface area contributed by atoms with Gasteiger partial charge in [-0.15, -0.1) is 11.6 Å². The van der Waals surface area contributed by atoms with Crippen LogP contribution in [0.25, 0.3) is 0 Å². The summed E-state index contributed by atoms with van der Waals surface area (Å²) in [7, 11) is 1.65. The Labute approximate surface area is 132 Å². The number of ether oxygens (including phenoxy) is 2. The number of halogens is 2. The molecular weight excluding hydrogens is 340 g/mol. The molecule has 0 bridgehead atoms. The minimum atomic E-state index is -0.329. The maximum Gasteiger partial charge on any atom is 0.124 e. The Bertz CT molecular complexity index is 586. The molecule has 0 spiro atoms. The second kappa shape index (κ2) is 7.00. The molecule has 106 valence electrons. The molecule has 20 heavy (non-hydrogen) atoms. The van der Waals surface area contributed by atoms with Crippen molar-refractivity contribution in [3.05, 3.63) is 58.1 Å². The largest absolute Gasteiger partial charge is 0.496 e. The first-order valence-corrected chi connectivity index (χ1v) is 7.59. The summed E-state index contributed by atoms with van der Waals surface area (Å²) in [4.78, 5) is 0. The predicted octanol–water partition coefficient (Wildman–Crippen LogP) is 5.18. The van der Waals surface area contributed by atoms with Crippen LogP contribution in [0.5, 0.6) is 11.5 Å². The molecule has 4 heteroatoms. The minimum Gasteiger partial charge on any atom is -0.496 e. The van der Waals surface area contributed by atoms with Crippen LogP contribution in [0.3, 0.4) is 0 Å². The van der Waals surface area contributed by atoms with Crippen LogP contribution in [0.15, 0.2) is 46.9 Å². The van der Waals surface area contributed by atoms with Crippen molar-refractivity contribution in [3.63, 3.8) is 0 Å². The van der Waals surface area contributed by atoms with Gasteiger partial charge in [-0.25, -0.2) is 0 Å². The van der Waals surface area contributed by atoms with Gasteiger partial charge >= 0.3 is 0 Å². The van der Waals surface area contributed by atoms with Crippen LogP contribution in [0.4, 0.5) is 0 Å². The number of para-hydroxylation sites is 1. The second-order valence-corrected chi connectivity index (χ2v) is 5.57. The Morgan fingerprint density at radius 3 is 2.55 bits per heavy atom. The summed E-state index contributed by atoms with van der Waals surface area (Å²) < 4.78 is 12.0. The van der Waals surface area contributed by atoms with E-state index in [1.807, 2.05) is 49.4 Å². The van der Waals surface area contributed by atoms with Crippen LogP contribution in [-0.4, -0.2) is 13.7 Å². The van der Waals surface area contributed by atoms with Gasteiger partial charge < -0.3 is 9.47 Å². The summed E-state index contributed by atoms with van der Waals surface area (Å²) in [6.07, 6.45) is 0. The normalized spacial score (nSPS) is 12.0. The first kappa shape index (κ1) is 15.2. The third kappa shape index (κ3) is 3.28. The lowest BCUT2D eigenvalue weighted by Gasteiger charge is -2.18. The number of rotatable bonds is 5. The molecule has 0 saturated heterocycles. The first-order chi connectivity index (χ1) is 9.67. The van der Waals surface area contributed by atoms with Crippen LogP contribution in [0, 0.1) is 0 Å². The van der Waals surface area contributed by atoms with Crippen molar-refractivity contribution < 1.29 is 9.47 Å². The van der Waals surface area contributed by atoms with Gasteiger partial charge in [-0.1, -0.05) is 34.1 Å². The summed E-state index contributed by atoms with van der Waals surface area (Å²) in [5, 5.41) is -0.329. The smallest absolute Gasteiger partial charge is 0.124 e. The van der Waals surface area contributed by atoms with Crippen molar-refractivity contribution in [1.82, 2.24) is 0 Å². The van der Waals surface area contributed by atoms with E-state index in [2.05, 4.69) is 15.9 Å². The van der Waals surface area contributed by atoms with E-state index in [0.717, 1.165) is 27.1 Å². The van der Waals surface area contributed by atoms with E-state index in [1.165, 1.54) is 0 Å². The zero-order chi connectivity index (χ0) is 14.5. The molecule has 0 N–H and O–H groups in total. The fourth-order valence-corrected chi connectivity index (χ4v) is 2.78. The molecule has 0 fully saturated rings. The van der Waals surface area contributed by atoms with Crippen molar-refractivity contribution in [1.29, 1.82) is 0 Å². The van der Waals surface area contributed by atoms with E-state index in [0.29, 0.717) is 6.61 Å². The molecule has 2 aromatic carbocycles. The molecule has 0 aromatic heterocycles. The van der Waals surface area contributed by atoms with Crippen molar-refractivity contribution in [2.24, 2.45) is 0 Å². The minimum absolute atomic E-state index is 0.329. The van der Waals surface area contributed by atoms with Gasteiger partial charge in [-0.2, -0.15) is 0 Å². The Morgan fingerprint density at radius 2 is 1.85 bits per heavy atom. The molecule has 0 saturated carbocycles. The highest BCUT2D eigenvalue weighted by Gasteiger charge is 2.19. The van der Waals surface area contributed by atoms with Gasteiger partial charge in [0.25, 0.3) is 0 Å². The summed E-state index contributed by atoms with van der Waals surface area (Å²) in [6, 6.07) is 13.6. The van der Waals surface area contributed by atoms with Crippen LogP contribution >= 0.6 is 27.5 Å². The molecule has 0 aliphatic carbocycles. The standard InChI is InChI=1S/C16H16BrClO2/c1-3-20-15-9-8-11(17)10-13(15)16(18)12-6-4-5-7-14(12)19-2/h4-10,16H,3H2,1-2H3. The zero-order valence-electron chi connectivity index (χ0n) is 11.4. The molecule has 0 radical (unpaired) electrons. The van der Waals surface area contributed by atoms with E-state index in [-0.39, 0.29) is 5.38 Å². The van der Waals surface area contributed by atoms with E-state index in [4.69, 9.17) is 21.1 Å². The number of alkyl halides is 1. The van der Waals surface area contributed by atoms with Crippen molar-refractivity contribution in [2.45, 2.75) is 12.3 Å². The SMILES string of the molecule is CCOc1ccc(Br)cc1C(Cl)c1ccccc1OC. The zero-order valence-corrected chi connectivity index (χ0v) is 13.7. The summed E-state index contributed by atoms with van der Waals surface area (Å²) in [5.41, 5.74) is 1.85. The molecule has 0 aliphatic rings.